The van der Waals surface area contributed by atoms with Crippen LogP contribution < -0.4 is 5.32 Å². The molecule has 0 aliphatic rings. The number of aromatic carboxylic acids is 1. The van der Waals surface area contributed by atoms with E-state index in [0.717, 1.165) is 5.39 Å². The van der Waals surface area contributed by atoms with E-state index in [-0.39, 0.29) is 21.8 Å². The molecule has 0 radical (unpaired) electrons. The molecular weight excluding hydrogens is 484 g/mol. The van der Waals surface area contributed by atoms with Crippen molar-refractivity contribution in [3.05, 3.63) is 95.0 Å². The Morgan fingerprint density at radius 3 is 2.50 bits per heavy atom. The van der Waals surface area contributed by atoms with Crippen molar-refractivity contribution in [3.8, 4) is 11.5 Å². The summed E-state index contributed by atoms with van der Waals surface area (Å²) in [5, 5.41) is 13.1. The van der Waals surface area contributed by atoms with Crippen LogP contribution in [0.2, 0.25) is 5.02 Å². The second kappa shape index (κ2) is 9.52. The first kappa shape index (κ1) is 23.1. The van der Waals surface area contributed by atoms with Gasteiger partial charge in [0, 0.05) is 16.6 Å². The summed E-state index contributed by atoms with van der Waals surface area (Å²) in [6.07, 6.45) is 0. The maximum absolute atomic E-state index is 13.0. The van der Waals surface area contributed by atoms with Crippen LogP contribution in [0.15, 0.2) is 83.3 Å². The summed E-state index contributed by atoms with van der Waals surface area (Å²) in [6, 6.07) is 22.1. The summed E-state index contributed by atoms with van der Waals surface area (Å²) in [4.78, 5) is 41.2. The van der Waals surface area contributed by atoms with Crippen molar-refractivity contribution in [3.63, 3.8) is 0 Å². The molecule has 9 heteroatoms. The number of hydrogen-bond acceptors (Lipinski definition) is 6. The molecule has 0 bridgehead atoms. The first-order valence-corrected chi connectivity index (χ1v) is 11.2. The minimum absolute atomic E-state index is 0.0395. The third-order valence-corrected chi connectivity index (χ3v) is 5.79. The minimum atomic E-state index is -1.23. The Morgan fingerprint density at radius 2 is 1.72 bits per heavy atom. The molecule has 0 saturated heterocycles. The van der Waals surface area contributed by atoms with Crippen LogP contribution in [0.25, 0.3) is 33.3 Å². The van der Waals surface area contributed by atoms with Crippen molar-refractivity contribution in [2.75, 3.05) is 11.9 Å². The summed E-state index contributed by atoms with van der Waals surface area (Å²) in [6.45, 7) is -0.578. The van der Waals surface area contributed by atoms with Crippen molar-refractivity contribution in [1.82, 2.24) is 4.98 Å². The summed E-state index contributed by atoms with van der Waals surface area (Å²) in [5.74, 6) is -2.21. The van der Waals surface area contributed by atoms with E-state index >= 15 is 0 Å². The summed E-state index contributed by atoms with van der Waals surface area (Å²) >= 11 is 5.85. The molecular formula is C27H17ClN2O6. The van der Waals surface area contributed by atoms with Gasteiger partial charge in [0.05, 0.1) is 16.1 Å². The van der Waals surface area contributed by atoms with E-state index in [0.29, 0.717) is 27.9 Å². The van der Waals surface area contributed by atoms with Crippen LogP contribution in [0.4, 0.5) is 5.69 Å². The monoisotopic (exact) mass is 500 g/mol. The Morgan fingerprint density at radius 1 is 0.944 bits per heavy atom. The number of para-hydroxylation sites is 2. The first-order chi connectivity index (χ1) is 17.4. The second-order valence-electron chi connectivity index (χ2n) is 7.82. The lowest BCUT2D eigenvalue weighted by atomic mass is 9.99. The molecule has 8 nitrogen and oxygen atoms in total. The van der Waals surface area contributed by atoms with E-state index < -0.39 is 24.5 Å². The van der Waals surface area contributed by atoms with Gasteiger partial charge in [-0.25, -0.2) is 14.6 Å². The highest BCUT2D eigenvalue weighted by Crippen LogP contribution is 2.33. The summed E-state index contributed by atoms with van der Waals surface area (Å²) in [5.41, 5.74) is 2.22. The van der Waals surface area contributed by atoms with Crippen LogP contribution in [0.5, 0.6) is 0 Å². The normalized spacial score (nSPS) is 10.9. The average Bonchev–Trinajstić information content (AvgIpc) is 3.32. The number of carbonyl (C=O) groups is 3. The highest BCUT2D eigenvalue weighted by atomic mass is 35.5. The largest absolute Gasteiger partial charge is 0.478 e. The van der Waals surface area contributed by atoms with Crippen molar-refractivity contribution in [2.45, 2.75) is 0 Å². The van der Waals surface area contributed by atoms with Gasteiger partial charge >= 0.3 is 11.9 Å². The van der Waals surface area contributed by atoms with Gasteiger partial charge in [-0.15, -0.1) is 0 Å². The number of fused-ring (bicyclic) bond motifs is 2. The molecule has 4 aromatic carbocycles. The van der Waals surface area contributed by atoms with Gasteiger partial charge in [-0.1, -0.05) is 48.0 Å². The van der Waals surface area contributed by atoms with Gasteiger partial charge in [0.15, 0.2) is 12.2 Å². The molecule has 5 rings (SSSR count). The number of carboxylic acids is 1. The number of ether oxygens (including phenoxy) is 1. The Bertz CT molecular complexity index is 1620. The Kier molecular flexibility index (Phi) is 6.10. The minimum Gasteiger partial charge on any atom is -0.478 e. The van der Waals surface area contributed by atoms with Gasteiger partial charge in [0.25, 0.3) is 5.91 Å². The van der Waals surface area contributed by atoms with Gasteiger partial charge in [-0.2, -0.15) is 0 Å². The SMILES string of the molecule is O=C(COC(=O)c1cccc2cccc(-c3nc4ccccc4o3)c12)Nc1ccc(Cl)c(C(=O)O)c1. The first-order valence-electron chi connectivity index (χ1n) is 10.8. The summed E-state index contributed by atoms with van der Waals surface area (Å²) in [7, 11) is 0. The maximum Gasteiger partial charge on any atom is 0.339 e. The van der Waals surface area contributed by atoms with Gasteiger partial charge < -0.3 is 19.6 Å². The lowest BCUT2D eigenvalue weighted by Gasteiger charge is -2.11. The topological polar surface area (TPSA) is 119 Å². The molecule has 0 aliphatic carbocycles. The van der Waals surface area contributed by atoms with Crippen molar-refractivity contribution < 1.29 is 28.6 Å². The molecule has 5 aromatic rings. The zero-order chi connectivity index (χ0) is 25.2. The molecule has 0 saturated carbocycles. The van der Waals surface area contributed by atoms with E-state index in [1.807, 2.05) is 42.5 Å². The average molecular weight is 501 g/mol. The van der Waals surface area contributed by atoms with Crippen LogP contribution in [-0.4, -0.2) is 34.5 Å². The van der Waals surface area contributed by atoms with Gasteiger partial charge in [0.2, 0.25) is 5.89 Å². The number of halogens is 1. The van der Waals surface area contributed by atoms with E-state index in [9.17, 15) is 19.5 Å². The quantitative estimate of drug-likeness (QED) is 0.283. The predicted octanol–water partition coefficient (Wildman–Crippen LogP) is 5.80. The van der Waals surface area contributed by atoms with E-state index in [2.05, 4.69) is 10.3 Å². The molecule has 0 spiro atoms. The standard InChI is InChI=1S/C27H17ClN2O6/c28-20-12-11-16(13-19(20)26(32)33)29-23(31)14-35-27(34)18-8-4-6-15-5-3-7-17(24(15)18)25-30-21-9-1-2-10-22(21)36-25/h1-13H,14H2,(H,29,31)(H,32,33). The lowest BCUT2D eigenvalue weighted by molar-refractivity contribution is -0.119. The van der Waals surface area contributed by atoms with Crippen molar-refractivity contribution >= 4 is 57.0 Å². The third kappa shape index (κ3) is 4.49. The number of aromatic nitrogens is 1. The smallest absolute Gasteiger partial charge is 0.339 e. The molecule has 0 fully saturated rings. The van der Waals surface area contributed by atoms with Gasteiger partial charge in [-0.05, 0) is 47.9 Å². The van der Waals surface area contributed by atoms with Gasteiger partial charge in [-0.3, -0.25) is 4.79 Å². The maximum atomic E-state index is 13.0. The molecule has 1 amide bonds. The molecule has 36 heavy (non-hydrogen) atoms. The molecule has 1 heterocycles. The van der Waals surface area contributed by atoms with Crippen molar-refractivity contribution in [1.29, 1.82) is 0 Å². The number of hydrogen-bond donors (Lipinski definition) is 2. The Labute approximate surface area is 209 Å². The number of carboxylic acid groups (broad SMARTS) is 1. The number of nitrogens with one attached hydrogen (secondary N) is 1. The van der Waals surface area contributed by atoms with E-state index in [1.165, 1.54) is 18.2 Å². The molecule has 2 N–H and O–H groups in total. The fourth-order valence-corrected chi connectivity index (χ4v) is 4.05. The number of anilines is 1. The number of benzene rings is 4. The molecule has 0 atom stereocenters. The Hall–Kier alpha value is -4.69. The highest BCUT2D eigenvalue weighted by Gasteiger charge is 2.19. The zero-order valence-corrected chi connectivity index (χ0v) is 19.3. The van der Waals surface area contributed by atoms with Crippen LogP contribution >= 0.6 is 11.6 Å². The van der Waals surface area contributed by atoms with E-state index in [1.54, 1.807) is 18.2 Å². The number of oxazole rings is 1. The second-order valence-corrected chi connectivity index (χ2v) is 8.23. The molecule has 1 aromatic heterocycles. The number of rotatable bonds is 6. The van der Waals surface area contributed by atoms with Crippen LogP contribution in [0.3, 0.4) is 0 Å². The number of nitrogens with zero attached hydrogens (tertiary/aromatic N) is 1. The van der Waals surface area contributed by atoms with Crippen molar-refractivity contribution in [2.24, 2.45) is 0 Å². The summed E-state index contributed by atoms with van der Waals surface area (Å²) < 4.78 is 11.2. The zero-order valence-electron chi connectivity index (χ0n) is 18.5. The molecule has 178 valence electrons. The highest BCUT2D eigenvalue weighted by molar-refractivity contribution is 6.33. The lowest BCUT2D eigenvalue weighted by Crippen LogP contribution is -2.21. The third-order valence-electron chi connectivity index (χ3n) is 5.46. The number of esters is 1. The molecule has 0 aliphatic heterocycles. The van der Waals surface area contributed by atoms with Crippen LogP contribution in [0.1, 0.15) is 20.7 Å². The number of amides is 1. The Balaban J connectivity index is 1.39. The van der Waals surface area contributed by atoms with Gasteiger partial charge in [0.1, 0.15) is 5.52 Å². The van der Waals surface area contributed by atoms with Crippen LogP contribution in [-0.2, 0) is 9.53 Å². The molecule has 0 unspecified atom stereocenters. The number of carbonyl (C=O) groups excluding carboxylic acids is 2. The fourth-order valence-electron chi connectivity index (χ4n) is 3.85. The fraction of sp³-hybridized carbons (Fsp3) is 0.0370. The van der Waals surface area contributed by atoms with E-state index in [4.69, 9.17) is 20.8 Å². The van der Waals surface area contributed by atoms with Crippen LogP contribution in [0, 0.1) is 0 Å². The predicted molar refractivity (Wildman–Crippen MR) is 134 cm³/mol.